The van der Waals surface area contributed by atoms with Gasteiger partial charge in [0.2, 0.25) is 11.8 Å². The quantitative estimate of drug-likeness (QED) is 0.847. The zero-order chi connectivity index (χ0) is 17.7. The van der Waals surface area contributed by atoms with Crippen molar-refractivity contribution in [3.63, 3.8) is 0 Å². The Morgan fingerprint density at radius 3 is 2.62 bits per heavy atom. The lowest BCUT2D eigenvalue weighted by molar-refractivity contribution is -0.134. The first-order valence-electron chi connectivity index (χ1n) is 7.85. The zero-order valence-corrected chi connectivity index (χ0v) is 14.9. The number of nitrogens with zero attached hydrogens (tertiary/aromatic N) is 3. The fourth-order valence-electron chi connectivity index (χ4n) is 2.63. The second-order valence-corrected chi connectivity index (χ2v) is 7.05. The van der Waals surface area contributed by atoms with Gasteiger partial charge in [0.15, 0.2) is 5.92 Å². The van der Waals surface area contributed by atoms with Crippen molar-refractivity contribution in [3.05, 3.63) is 30.3 Å². The molecule has 0 saturated carbocycles. The molecule has 2 rings (SSSR count). The molecule has 1 aliphatic rings. The van der Waals surface area contributed by atoms with Crippen LogP contribution in [0.25, 0.3) is 0 Å². The van der Waals surface area contributed by atoms with Crippen molar-refractivity contribution in [1.29, 1.82) is 5.26 Å². The number of carbonyl (C=O) groups is 2. The van der Waals surface area contributed by atoms with E-state index in [1.807, 2.05) is 37.3 Å². The number of nitrogens with one attached hydrogen (secondary N) is 1. The van der Waals surface area contributed by atoms with E-state index in [2.05, 4.69) is 11.4 Å². The van der Waals surface area contributed by atoms with Gasteiger partial charge in [0.05, 0.1) is 6.07 Å². The highest BCUT2D eigenvalue weighted by molar-refractivity contribution is 8.01. The third kappa shape index (κ3) is 3.82. The summed E-state index contributed by atoms with van der Waals surface area (Å²) in [7, 11) is 3.25. The molecule has 0 spiro atoms. The van der Waals surface area contributed by atoms with Gasteiger partial charge in [-0.25, -0.2) is 0 Å². The number of benzene rings is 1. The lowest BCUT2D eigenvalue weighted by atomic mass is 10.1. The topological polar surface area (TPSA) is 76.4 Å². The molecular formula is C17H22N4O2S. The maximum absolute atomic E-state index is 12.6. The van der Waals surface area contributed by atoms with Gasteiger partial charge in [-0.15, -0.1) is 11.8 Å². The van der Waals surface area contributed by atoms with Crippen molar-refractivity contribution in [2.45, 2.75) is 17.5 Å². The Hall–Kier alpha value is -2.20. The van der Waals surface area contributed by atoms with E-state index >= 15 is 0 Å². The van der Waals surface area contributed by atoms with E-state index in [-0.39, 0.29) is 17.1 Å². The summed E-state index contributed by atoms with van der Waals surface area (Å²) in [6.45, 7) is 2.82. The van der Waals surface area contributed by atoms with Crippen LogP contribution < -0.4 is 5.32 Å². The number of para-hydroxylation sites is 1. The fraction of sp³-hybridized carbons (Fsp3) is 0.471. The number of anilines is 1. The number of thioether (sulfide) groups is 1. The molecule has 7 heteroatoms. The Morgan fingerprint density at radius 2 is 2.08 bits per heavy atom. The van der Waals surface area contributed by atoms with Crippen LogP contribution in [-0.2, 0) is 9.59 Å². The number of hydrogen-bond donors (Lipinski definition) is 1. The minimum atomic E-state index is -0.851. The molecule has 1 saturated heterocycles. The van der Waals surface area contributed by atoms with Gasteiger partial charge in [-0.3, -0.25) is 9.59 Å². The number of carbonyl (C=O) groups excluding carboxylic acids is 2. The largest absolute Gasteiger partial charge is 0.383 e. The molecule has 0 bridgehead atoms. The fourth-order valence-corrected chi connectivity index (χ4v) is 4.13. The predicted molar refractivity (Wildman–Crippen MR) is 95.3 cm³/mol. The van der Waals surface area contributed by atoms with Gasteiger partial charge in [0.1, 0.15) is 10.6 Å². The highest BCUT2D eigenvalue weighted by Crippen LogP contribution is 2.36. The summed E-state index contributed by atoms with van der Waals surface area (Å²) in [6, 6.07) is 11.7. The predicted octanol–water partition coefficient (Wildman–Crippen LogP) is 1.62. The minimum Gasteiger partial charge on any atom is -0.383 e. The first kappa shape index (κ1) is 18.1. The Balaban J connectivity index is 2.10. The van der Waals surface area contributed by atoms with Gasteiger partial charge < -0.3 is 15.1 Å². The molecule has 24 heavy (non-hydrogen) atoms. The first-order valence-corrected chi connectivity index (χ1v) is 8.79. The van der Waals surface area contributed by atoms with Gasteiger partial charge in [0.25, 0.3) is 0 Å². The van der Waals surface area contributed by atoms with Crippen LogP contribution in [0.1, 0.15) is 6.92 Å². The maximum atomic E-state index is 12.6. The first-order chi connectivity index (χ1) is 11.5. The van der Waals surface area contributed by atoms with Gasteiger partial charge in [-0.05, 0) is 19.1 Å². The second kappa shape index (κ2) is 8.06. The van der Waals surface area contributed by atoms with Gasteiger partial charge in [-0.2, -0.15) is 5.26 Å². The molecule has 0 aliphatic carbocycles. The summed E-state index contributed by atoms with van der Waals surface area (Å²) in [5, 5.41) is 11.9. The third-order valence-corrected chi connectivity index (χ3v) is 5.41. The summed E-state index contributed by atoms with van der Waals surface area (Å²) in [6.07, 6.45) is 0. The van der Waals surface area contributed by atoms with Gasteiger partial charge >= 0.3 is 0 Å². The van der Waals surface area contributed by atoms with E-state index in [1.54, 1.807) is 19.0 Å². The van der Waals surface area contributed by atoms with Crippen LogP contribution in [0.4, 0.5) is 5.69 Å². The Labute approximate surface area is 146 Å². The van der Waals surface area contributed by atoms with Crippen molar-refractivity contribution < 1.29 is 9.59 Å². The zero-order valence-electron chi connectivity index (χ0n) is 14.1. The maximum Gasteiger partial charge on any atom is 0.242 e. The van der Waals surface area contributed by atoms with Crippen molar-refractivity contribution in [1.82, 2.24) is 9.80 Å². The number of amides is 2. The molecule has 2 unspecified atom stereocenters. The molecule has 1 N–H and O–H groups in total. The molecule has 1 aromatic carbocycles. The molecule has 0 radical (unpaired) electrons. The average Bonchev–Trinajstić information content (AvgIpc) is 2.90. The van der Waals surface area contributed by atoms with Gasteiger partial charge in [-0.1, -0.05) is 18.2 Å². The Bertz CT molecular complexity index is 629. The van der Waals surface area contributed by atoms with E-state index in [0.29, 0.717) is 13.1 Å². The lowest BCUT2D eigenvalue weighted by Gasteiger charge is -2.26. The molecule has 128 valence electrons. The molecule has 6 nitrogen and oxygen atoms in total. The highest BCUT2D eigenvalue weighted by atomic mass is 32.2. The summed E-state index contributed by atoms with van der Waals surface area (Å²) in [4.78, 5) is 27.9. The van der Waals surface area contributed by atoms with Crippen molar-refractivity contribution >= 4 is 29.3 Å². The van der Waals surface area contributed by atoms with Crippen LogP contribution >= 0.6 is 11.8 Å². The van der Waals surface area contributed by atoms with Crippen LogP contribution in [0.2, 0.25) is 0 Å². The lowest BCUT2D eigenvalue weighted by Crippen LogP contribution is -2.43. The van der Waals surface area contributed by atoms with Crippen LogP contribution in [0.5, 0.6) is 0 Å². The molecule has 1 aromatic rings. The van der Waals surface area contributed by atoms with E-state index in [0.717, 1.165) is 5.69 Å². The molecule has 0 aromatic heterocycles. The van der Waals surface area contributed by atoms with E-state index in [9.17, 15) is 14.9 Å². The van der Waals surface area contributed by atoms with E-state index in [4.69, 9.17) is 0 Å². The Morgan fingerprint density at radius 1 is 1.42 bits per heavy atom. The molecular weight excluding hydrogens is 324 g/mol. The van der Waals surface area contributed by atoms with Crippen LogP contribution in [-0.4, -0.2) is 59.4 Å². The monoisotopic (exact) mass is 346 g/mol. The standard InChI is InChI=1S/C17H22N4O2S/c1-4-21-16(23)14(11-19-12-8-6-5-7-9-12)24-17(21)13(10-18)15(22)20(2)3/h5-9,13-14,17,19H,4,11H2,1-3H3/t13-,14?,17?/m1/s1. The molecule has 3 atom stereocenters. The van der Waals surface area contributed by atoms with Crippen LogP contribution in [0.3, 0.4) is 0 Å². The third-order valence-electron chi connectivity index (χ3n) is 3.91. The number of hydrogen-bond acceptors (Lipinski definition) is 5. The SMILES string of the molecule is CCN1C(=O)C(CNc2ccccc2)SC1[C@H](C#N)C(=O)N(C)C. The van der Waals surface area contributed by atoms with E-state index in [1.165, 1.54) is 16.7 Å². The van der Waals surface area contributed by atoms with Crippen molar-refractivity contribution in [2.24, 2.45) is 5.92 Å². The van der Waals surface area contributed by atoms with Crippen LogP contribution in [0.15, 0.2) is 30.3 Å². The van der Waals surface area contributed by atoms with Crippen molar-refractivity contribution in [3.8, 4) is 6.07 Å². The Kier molecular flexibility index (Phi) is 6.10. The second-order valence-electron chi connectivity index (χ2n) is 5.73. The van der Waals surface area contributed by atoms with Gasteiger partial charge in [0, 0.05) is 32.9 Å². The number of nitriles is 1. The summed E-state index contributed by atoms with van der Waals surface area (Å²) in [5.41, 5.74) is 0.943. The summed E-state index contributed by atoms with van der Waals surface area (Å²) >= 11 is 1.39. The van der Waals surface area contributed by atoms with Crippen molar-refractivity contribution in [2.75, 3.05) is 32.5 Å². The molecule has 1 fully saturated rings. The minimum absolute atomic E-state index is 0.0252. The average molecular weight is 346 g/mol. The number of rotatable bonds is 6. The highest BCUT2D eigenvalue weighted by Gasteiger charge is 2.45. The molecule has 2 amide bonds. The molecule has 1 aliphatic heterocycles. The van der Waals surface area contributed by atoms with E-state index < -0.39 is 11.3 Å². The summed E-state index contributed by atoms with van der Waals surface area (Å²) < 4.78 is 0. The van der Waals surface area contributed by atoms with Crippen LogP contribution in [0, 0.1) is 17.2 Å². The molecule has 1 heterocycles. The summed E-state index contributed by atoms with van der Waals surface area (Å²) in [5.74, 6) is -1.14. The smallest absolute Gasteiger partial charge is 0.242 e. The normalized spacial score (nSPS) is 21.2.